The Kier molecular flexibility index (Phi) is 4.14. The van der Waals surface area contributed by atoms with Gasteiger partial charge in [0.2, 0.25) is 0 Å². The lowest BCUT2D eigenvalue weighted by atomic mass is 9.48. The van der Waals surface area contributed by atoms with Crippen LogP contribution in [-0.4, -0.2) is 37.6 Å². The van der Waals surface area contributed by atoms with E-state index in [-0.39, 0.29) is 17.6 Å². The number of fused-ring (bicyclic) bond motifs is 5. The van der Waals surface area contributed by atoms with E-state index in [1.807, 2.05) is 7.11 Å². The van der Waals surface area contributed by atoms with Crippen molar-refractivity contribution in [2.75, 3.05) is 14.2 Å². The normalized spacial score (nSPS) is 53.8. The van der Waals surface area contributed by atoms with E-state index in [0.717, 1.165) is 18.8 Å². The van der Waals surface area contributed by atoms with Crippen LogP contribution in [0.1, 0.15) is 58.8 Å². The Balaban J connectivity index is 1.64. The monoisotopic (exact) mass is 334 g/mol. The Labute approximate surface area is 146 Å². The van der Waals surface area contributed by atoms with E-state index in [1.54, 1.807) is 12.7 Å². The molecule has 1 N–H and O–H groups in total. The van der Waals surface area contributed by atoms with Gasteiger partial charge in [-0.1, -0.05) is 25.5 Å². The molecular formula is C21H34O3. The van der Waals surface area contributed by atoms with Gasteiger partial charge in [-0.3, -0.25) is 0 Å². The summed E-state index contributed by atoms with van der Waals surface area (Å²) in [6.07, 6.45) is 10.9. The molecule has 0 amide bonds. The Morgan fingerprint density at radius 3 is 2.58 bits per heavy atom. The van der Waals surface area contributed by atoms with Gasteiger partial charge < -0.3 is 14.6 Å². The van der Waals surface area contributed by atoms with Crippen LogP contribution in [0.4, 0.5) is 0 Å². The summed E-state index contributed by atoms with van der Waals surface area (Å²) < 4.78 is 11.4. The lowest BCUT2D eigenvalue weighted by Gasteiger charge is -2.57. The van der Waals surface area contributed by atoms with E-state index >= 15 is 0 Å². The first-order valence-electron chi connectivity index (χ1n) is 9.87. The van der Waals surface area contributed by atoms with Gasteiger partial charge in [-0.05, 0) is 73.5 Å². The van der Waals surface area contributed by atoms with Crippen molar-refractivity contribution in [1.29, 1.82) is 0 Å². The summed E-state index contributed by atoms with van der Waals surface area (Å²) in [6, 6.07) is 0. The van der Waals surface area contributed by atoms with E-state index in [0.29, 0.717) is 23.4 Å². The molecule has 0 aromatic carbocycles. The maximum Gasteiger partial charge on any atom is 0.0886 e. The van der Waals surface area contributed by atoms with Gasteiger partial charge in [0.05, 0.1) is 18.3 Å². The second kappa shape index (κ2) is 5.82. The molecule has 0 heterocycles. The lowest BCUT2D eigenvalue weighted by Crippen LogP contribution is -2.51. The fraction of sp³-hybridized carbons (Fsp3) is 0.905. The molecule has 3 nitrogen and oxygen atoms in total. The van der Waals surface area contributed by atoms with Crippen LogP contribution in [0.3, 0.4) is 0 Å². The van der Waals surface area contributed by atoms with Crippen LogP contribution in [-0.2, 0) is 9.47 Å². The zero-order valence-electron chi connectivity index (χ0n) is 15.8. The van der Waals surface area contributed by atoms with Crippen molar-refractivity contribution >= 4 is 0 Å². The summed E-state index contributed by atoms with van der Waals surface area (Å²) >= 11 is 0. The first kappa shape index (κ1) is 17.1. The smallest absolute Gasteiger partial charge is 0.0886 e. The van der Waals surface area contributed by atoms with Crippen LogP contribution < -0.4 is 0 Å². The fourth-order valence-electron chi connectivity index (χ4n) is 7.22. The molecule has 24 heavy (non-hydrogen) atoms. The van der Waals surface area contributed by atoms with Gasteiger partial charge >= 0.3 is 0 Å². The summed E-state index contributed by atoms with van der Waals surface area (Å²) in [5, 5.41) is 10.6. The third kappa shape index (κ3) is 2.20. The van der Waals surface area contributed by atoms with Gasteiger partial charge in [-0.15, -0.1) is 0 Å². The highest BCUT2D eigenvalue weighted by atomic mass is 16.5. The van der Waals surface area contributed by atoms with Crippen LogP contribution in [0, 0.1) is 28.6 Å². The number of hydrogen-bond donors (Lipinski definition) is 1. The number of hydrogen-bond acceptors (Lipinski definition) is 3. The van der Waals surface area contributed by atoms with Crippen LogP contribution in [0.2, 0.25) is 0 Å². The molecular weight excluding hydrogens is 300 g/mol. The van der Waals surface area contributed by atoms with Gasteiger partial charge in [-0.2, -0.15) is 0 Å². The zero-order chi connectivity index (χ0) is 17.1. The Hall–Kier alpha value is -0.380. The third-order valence-electron chi connectivity index (χ3n) is 8.58. The van der Waals surface area contributed by atoms with E-state index < -0.39 is 0 Å². The molecule has 0 saturated heterocycles. The predicted molar refractivity (Wildman–Crippen MR) is 94.7 cm³/mol. The van der Waals surface area contributed by atoms with Crippen LogP contribution >= 0.6 is 0 Å². The lowest BCUT2D eigenvalue weighted by molar-refractivity contribution is -0.0972. The maximum atomic E-state index is 10.6. The largest absolute Gasteiger partial charge is 0.390 e. The van der Waals surface area contributed by atoms with E-state index in [4.69, 9.17) is 9.47 Å². The molecule has 0 bridgehead atoms. The second-order valence-electron chi connectivity index (χ2n) is 9.36. The number of methoxy groups -OCH3 is 2. The number of aliphatic hydroxyl groups excluding tert-OH is 1. The number of allylic oxidation sites excluding steroid dienone is 1. The van der Waals surface area contributed by atoms with Crippen LogP contribution in [0.5, 0.6) is 0 Å². The highest BCUT2D eigenvalue weighted by Gasteiger charge is 2.61. The number of rotatable bonds is 2. The molecule has 4 aliphatic carbocycles. The Morgan fingerprint density at radius 1 is 1.08 bits per heavy atom. The molecule has 0 aliphatic heterocycles. The first-order valence-corrected chi connectivity index (χ1v) is 9.87. The standard InChI is InChI=1S/C21H34O3/c1-20-9-7-14(23-3)11-13(20)5-6-15-16(20)8-10-21(2)17(15)12-18(22)19(21)24-4/h5,14-19,22H,6-12H2,1-4H3/t14-,15-,16+,17+,18+,19+,20+,21+/m1/s1. The minimum atomic E-state index is -0.286. The fourth-order valence-corrected chi connectivity index (χ4v) is 7.22. The van der Waals surface area contributed by atoms with Crippen molar-refractivity contribution in [3.05, 3.63) is 11.6 Å². The molecule has 0 aromatic rings. The number of aliphatic hydroxyl groups is 1. The van der Waals surface area contributed by atoms with Crippen molar-refractivity contribution in [2.24, 2.45) is 28.6 Å². The van der Waals surface area contributed by atoms with Crippen molar-refractivity contribution < 1.29 is 14.6 Å². The molecule has 4 aliphatic rings. The van der Waals surface area contributed by atoms with Gasteiger partial charge in [0.25, 0.3) is 0 Å². The minimum absolute atomic E-state index is 0.0193. The summed E-state index contributed by atoms with van der Waals surface area (Å²) in [5.74, 6) is 2.09. The zero-order valence-corrected chi connectivity index (χ0v) is 15.8. The van der Waals surface area contributed by atoms with E-state index in [1.165, 1.54) is 32.1 Å². The highest BCUT2D eigenvalue weighted by molar-refractivity contribution is 5.25. The minimum Gasteiger partial charge on any atom is -0.390 e. The van der Waals surface area contributed by atoms with Crippen molar-refractivity contribution in [3.63, 3.8) is 0 Å². The SMILES string of the molecule is CO[C@@H]1CC[C@@]2(C)C(=CC[C@H]3[C@@H]4C[C@H](O)[C@H](OC)[C@@]4(C)CC[C@@H]32)C1. The molecule has 0 radical (unpaired) electrons. The first-order chi connectivity index (χ1) is 11.4. The molecule has 0 unspecified atom stereocenters. The van der Waals surface area contributed by atoms with Crippen molar-refractivity contribution in [2.45, 2.75) is 77.1 Å². The number of ether oxygens (including phenoxy) is 2. The summed E-state index contributed by atoms with van der Waals surface area (Å²) in [5.41, 5.74) is 2.17. The molecule has 8 atom stereocenters. The van der Waals surface area contributed by atoms with Crippen LogP contribution in [0.25, 0.3) is 0 Å². The summed E-state index contributed by atoms with van der Waals surface area (Å²) in [7, 11) is 3.64. The highest BCUT2D eigenvalue weighted by Crippen LogP contribution is 2.65. The Bertz CT molecular complexity index is 529. The van der Waals surface area contributed by atoms with Crippen molar-refractivity contribution in [3.8, 4) is 0 Å². The third-order valence-corrected chi connectivity index (χ3v) is 8.58. The predicted octanol–water partition coefficient (Wildman–Crippen LogP) is 3.95. The quantitative estimate of drug-likeness (QED) is 0.777. The van der Waals surface area contributed by atoms with Gasteiger partial charge in [0.15, 0.2) is 0 Å². The molecule has 4 rings (SSSR count). The second-order valence-corrected chi connectivity index (χ2v) is 9.36. The van der Waals surface area contributed by atoms with Gasteiger partial charge in [0.1, 0.15) is 0 Å². The average Bonchev–Trinajstić information content (AvgIpc) is 2.83. The maximum absolute atomic E-state index is 10.6. The van der Waals surface area contributed by atoms with E-state index in [2.05, 4.69) is 19.9 Å². The van der Waals surface area contributed by atoms with Gasteiger partial charge in [-0.25, -0.2) is 0 Å². The molecule has 3 saturated carbocycles. The average molecular weight is 335 g/mol. The molecule has 136 valence electrons. The summed E-state index contributed by atoms with van der Waals surface area (Å²) in [4.78, 5) is 0. The van der Waals surface area contributed by atoms with E-state index in [9.17, 15) is 5.11 Å². The molecule has 0 aromatic heterocycles. The van der Waals surface area contributed by atoms with Crippen molar-refractivity contribution in [1.82, 2.24) is 0 Å². The van der Waals surface area contributed by atoms with Gasteiger partial charge in [0, 0.05) is 14.2 Å². The molecule has 0 spiro atoms. The molecule has 3 fully saturated rings. The topological polar surface area (TPSA) is 38.7 Å². The Morgan fingerprint density at radius 2 is 1.88 bits per heavy atom. The molecule has 3 heteroatoms. The van der Waals surface area contributed by atoms with Crippen LogP contribution in [0.15, 0.2) is 11.6 Å². The summed E-state index contributed by atoms with van der Waals surface area (Å²) in [6.45, 7) is 4.89.